The van der Waals surface area contributed by atoms with Crippen LogP contribution in [0.5, 0.6) is 0 Å². The number of carbonyl (C=O) groups excluding carboxylic acids is 3. The number of carbonyl (C=O) groups is 3. The summed E-state index contributed by atoms with van der Waals surface area (Å²) in [4.78, 5) is 37.3. The number of benzene rings is 1. The molecule has 0 bridgehead atoms. The molecule has 0 unspecified atom stereocenters. The Bertz CT molecular complexity index is 1030. The predicted molar refractivity (Wildman–Crippen MR) is 113 cm³/mol. The van der Waals surface area contributed by atoms with Gasteiger partial charge in [-0.1, -0.05) is 6.07 Å². The summed E-state index contributed by atoms with van der Waals surface area (Å²) in [6.07, 6.45) is 0. The van der Waals surface area contributed by atoms with Crippen molar-refractivity contribution in [2.75, 3.05) is 11.9 Å². The van der Waals surface area contributed by atoms with Gasteiger partial charge in [-0.3, -0.25) is 9.59 Å². The molecule has 2 heterocycles. The van der Waals surface area contributed by atoms with Crippen LogP contribution in [0.1, 0.15) is 48.7 Å². The minimum atomic E-state index is -0.584. The molecule has 2 aromatic heterocycles. The van der Waals surface area contributed by atoms with E-state index < -0.39 is 5.97 Å². The third-order valence-corrected chi connectivity index (χ3v) is 5.52. The third kappa shape index (κ3) is 4.63. The van der Waals surface area contributed by atoms with Crippen molar-refractivity contribution < 1.29 is 19.1 Å². The van der Waals surface area contributed by atoms with Gasteiger partial charge in [0.1, 0.15) is 0 Å². The molecule has 0 aliphatic heterocycles. The van der Waals surface area contributed by atoms with E-state index in [1.807, 2.05) is 36.8 Å². The van der Waals surface area contributed by atoms with Crippen LogP contribution in [0.15, 0.2) is 47.8 Å². The first kappa shape index (κ1) is 20.5. The zero-order valence-corrected chi connectivity index (χ0v) is 17.3. The summed E-state index contributed by atoms with van der Waals surface area (Å²) in [6, 6.07) is 11.7. The minimum absolute atomic E-state index is 0.203. The molecule has 7 heteroatoms. The van der Waals surface area contributed by atoms with Crippen LogP contribution < -0.4 is 5.32 Å². The van der Waals surface area contributed by atoms with E-state index in [4.69, 9.17) is 4.74 Å². The van der Waals surface area contributed by atoms with Gasteiger partial charge in [-0.25, -0.2) is 4.79 Å². The summed E-state index contributed by atoms with van der Waals surface area (Å²) in [5, 5.41) is 4.59. The molecule has 0 fully saturated rings. The van der Waals surface area contributed by atoms with Gasteiger partial charge >= 0.3 is 5.97 Å². The first-order valence-electron chi connectivity index (χ1n) is 9.22. The van der Waals surface area contributed by atoms with Gasteiger partial charge in [0.15, 0.2) is 6.61 Å². The van der Waals surface area contributed by atoms with Crippen LogP contribution in [0.25, 0.3) is 0 Å². The second kappa shape index (κ2) is 8.87. The Kier molecular flexibility index (Phi) is 6.29. The van der Waals surface area contributed by atoms with Gasteiger partial charge in [0.2, 0.25) is 5.78 Å². The first-order valence-corrected chi connectivity index (χ1v) is 10.1. The van der Waals surface area contributed by atoms with Crippen molar-refractivity contribution in [1.82, 2.24) is 4.57 Å². The number of nitrogens with zero attached hydrogens (tertiary/aromatic N) is 1. The van der Waals surface area contributed by atoms with Crippen molar-refractivity contribution in [3.8, 4) is 0 Å². The van der Waals surface area contributed by atoms with Crippen molar-refractivity contribution >= 4 is 34.7 Å². The van der Waals surface area contributed by atoms with Crippen molar-refractivity contribution in [3.63, 3.8) is 0 Å². The van der Waals surface area contributed by atoms with Gasteiger partial charge in [0.05, 0.1) is 10.4 Å². The van der Waals surface area contributed by atoms with Crippen LogP contribution in [-0.2, 0) is 11.3 Å². The summed E-state index contributed by atoms with van der Waals surface area (Å²) < 4.78 is 7.22. The molecule has 0 saturated heterocycles. The first-order chi connectivity index (χ1) is 13.9. The lowest BCUT2D eigenvalue weighted by Gasteiger charge is -2.07. The highest BCUT2D eigenvalue weighted by Gasteiger charge is 2.17. The maximum absolute atomic E-state index is 12.4. The van der Waals surface area contributed by atoms with E-state index >= 15 is 0 Å². The van der Waals surface area contributed by atoms with E-state index in [1.165, 1.54) is 11.3 Å². The highest BCUT2D eigenvalue weighted by atomic mass is 32.1. The van der Waals surface area contributed by atoms with Crippen molar-refractivity contribution in [1.29, 1.82) is 0 Å². The Morgan fingerprint density at radius 1 is 1.10 bits per heavy atom. The van der Waals surface area contributed by atoms with Gasteiger partial charge < -0.3 is 14.6 Å². The molecule has 29 heavy (non-hydrogen) atoms. The molecular formula is C22H22N2O4S. The fourth-order valence-corrected chi connectivity index (χ4v) is 3.77. The van der Waals surface area contributed by atoms with E-state index in [0.29, 0.717) is 21.7 Å². The highest BCUT2D eigenvalue weighted by Crippen LogP contribution is 2.17. The normalized spacial score (nSPS) is 10.6. The van der Waals surface area contributed by atoms with Crippen LogP contribution in [0.4, 0.5) is 5.69 Å². The number of aryl methyl sites for hydroxylation is 1. The van der Waals surface area contributed by atoms with E-state index in [-0.39, 0.29) is 18.3 Å². The number of rotatable bonds is 7. The monoisotopic (exact) mass is 410 g/mol. The van der Waals surface area contributed by atoms with E-state index in [1.54, 1.807) is 36.4 Å². The van der Waals surface area contributed by atoms with Crippen molar-refractivity contribution in [2.24, 2.45) is 0 Å². The summed E-state index contributed by atoms with van der Waals surface area (Å²) >= 11 is 1.35. The standard InChI is InChI=1S/C22H22N2O4S/c1-4-24-14(2)12-18(15(24)3)19(25)13-28-22(27)16-7-9-17(10-8-16)23-21(26)20-6-5-11-29-20/h5-12H,4,13H2,1-3H3,(H,23,26). The molecule has 0 aliphatic rings. The number of ketones is 1. The smallest absolute Gasteiger partial charge is 0.338 e. The van der Waals surface area contributed by atoms with E-state index in [9.17, 15) is 14.4 Å². The highest BCUT2D eigenvalue weighted by molar-refractivity contribution is 7.12. The van der Waals surface area contributed by atoms with Gasteiger partial charge in [-0.05, 0) is 62.5 Å². The van der Waals surface area contributed by atoms with Crippen LogP contribution in [0, 0.1) is 13.8 Å². The number of anilines is 1. The number of hydrogen-bond donors (Lipinski definition) is 1. The lowest BCUT2D eigenvalue weighted by molar-refractivity contribution is 0.0474. The molecule has 3 rings (SSSR count). The number of thiophene rings is 1. The number of amides is 1. The zero-order valence-electron chi connectivity index (χ0n) is 16.5. The van der Waals surface area contributed by atoms with Crippen LogP contribution in [-0.4, -0.2) is 28.8 Å². The topological polar surface area (TPSA) is 77.4 Å². The largest absolute Gasteiger partial charge is 0.454 e. The minimum Gasteiger partial charge on any atom is -0.454 e. The number of nitrogens with one attached hydrogen (secondary N) is 1. The van der Waals surface area contributed by atoms with Crippen molar-refractivity contribution in [3.05, 3.63) is 75.2 Å². The van der Waals surface area contributed by atoms with Crippen LogP contribution >= 0.6 is 11.3 Å². The van der Waals surface area contributed by atoms with Gasteiger partial charge in [-0.15, -0.1) is 11.3 Å². The number of Topliss-reactive ketones (excluding diaryl/α,β-unsaturated/α-hetero) is 1. The lowest BCUT2D eigenvalue weighted by Crippen LogP contribution is -2.15. The Balaban J connectivity index is 1.58. The Labute approximate surface area is 173 Å². The Hall–Kier alpha value is -3.19. The number of esters is 1. The second-order valence-electron chi connectivity index (χ2n) is 6.54. The molecule has 0 aliphatic carbocycles. The van der Waals surface area contributed by atoms with Gasteiger partial charge in [-0.2, -0.15) is 0 Å². The molecule has 0 spiro atoms. The zero-order chi connectivity index (χ0) is 21.0. The summed E-state index contributed by atoms with van der Waals surface area (Å²) in [6.45, 7) is 6.30. The molecule has 6 nitrogen and oxygen atoms in total. The Morgan fingerprint density at radius 3 is 2.41 bits per heavy atom. The summed E-state index contributed by atoms with van der Waals surface area (Å²) in [5.74, 6) is -1.02. The average Bonchev–Trinajstić information content (AvgIpc) is 3.34. The fourth-order valence-electron chi connectivity index (χ4n) is 3.15. The molecule has 150 valence electrons. The van der Waals surface area contributed by atoms with Crippen molar-refractivity contribution in [2.45, 2.75) is 27.3 Å². The maximum atomic E-state index is 12.4. The molecule has 1 aromatic carbocycles. The molecule has 1 amide bonds. The quantitative estimate of drug-likeness (QED) is 0.460. The predicted octanol–water partition coefficient (Wildman–Crippen LogP) is 4.48. The molecule has 3 aromatic rings. The molecule has 0 saturated carbocycles. The Morgan fingerprint density at radius 2 is 1.83 bits per heavy atom. The molecule has 1 N–H and O–H groups in total. The van der Waals surface area contributed by atoms with E-state index in [2.05, 4.69) is 5.32 Å². The van der Waals surface area contributed by atoms with Crippen LogP contribution in [0.2, 0.25) is 0 Å². The van der Waals surface area contributed by atoms with Crippen LogP contribution in [0.3, 0.4) is 0 Å². The number of ether oxygens (including phenoxy) is 1. The average molecular weight is 410 g/mol. The molecule has 0 radical (unpaired) electrons. The number of aromatic nitrogens is 1. The lowest BCUT2D eigenvalue weighted by atomic mass is 10.1. The number of hydrogen-bond acceptors (Lipinski definition) is 5. The fraction of sp³-hybridized carbons (Fsp3) is 0.227. The SMILES string of the molecule is CCn1c(C)cc(C(=O)COC(=O)c2ccc(NC(=O)c3cccs3)cc2)c1C. The maximum Gasteiger partial charge on any atom is 0.338 e. The summed E-state index contributed by atoms with van der Waals surface area (Å²) in [5.41, 5.74) is 3.33. The summed E-state index contributed by atoms with van der Waals surface area (Å²) in [7, 11) is 0. The van der Waals surface area contributed by atoms with Gasteiger partial charge in [0, 0.05) is 29.2 Å². The van der Waals surface area contributed by atoms with E-state index in [0.717, 1.165) is 17.9 Å². The second-order valence-corrected chi connectivity index (χ2v) is 7.48. The molecule has 0 atom stereocenters. The molecular weight excluding hydrogens is 388 g/mol. The third-order valence-electron chi connectivity index (χ3n) is 4.65. The van der Waals surface area contributed by atoms with Gasteiger partial charge in [0.25, 0.3) is 5.91 Å².